The molecule has 0 heterocycles. The Bertz CT molecular complexity index is 651. The molecule has 2 unspecified atom stereocenters. The summed E-state index contributed by atoms with van der Waals surface area (Å²) in [4.78, 5) is 22.7. The topological polar surface area (TPSA) is 102 Å². The highest BCUT2D eigenvalue weighted by Gasteiger charge is 2.25. The monoisotopic (exact) mass is 349 g/mol. The lowest BCUT2D eigenvalue weighted by Crippen LogP contribution is -2.36. The second kappa shape index (κ2) is 6.41. The van der Waals surface area contributed by atoms with E-state index in [2.05, 4.69) is 26.6 Å². The van der Waals surface area contributed by atoms with E-state index in [0.717, 1.165) is 4.47 Å². The van der Waals surface area contributed by atoms with Crippen LogP contribution in [0.4, 0.5) is 10.5 Å². The number of carboxylic acid groups (broad SMARTS) is 1. The molecule has 0 aliphatic heterocycles. The first-order valence-corrected chi connectivity index (χ1v) is 6.97. The number of urea groups is 1. The molecule has 2 atom stereocenters. The highest BCUT2D eigenvalue weighted by Crippen LogP contribution is 2.21. The number of carbonyl (C=O) groups excluding carboxylic acids is 1. The molecule has 3 N–H and O–H groups in total. The van der Waals surface area contributed by atoms with Crippen LogP contribution in [0.2, 0.25) is 0 Å². The largest absolute Gasteiger partial charge is 0.481 e. The van der Waals surface area contributed by atoms with E-state index in [9.17, 15) is 9.59 Å². The zero-order valence-corrected chi connectivity index (χ0v) is 12.4. The molecule has 1 aliphatic rings. The van der Waals surface area contributed by atoms with E-state index < -0.39 is 17.9 Å². The molecule has 0 radical (unpaired) electrons. The average Bonchev–Trinajstić information content (AvgIpc) is 2.89. The highest BCUT2D eigenvalue weighted by atomic mass is 79.9. The Morgan fingerprint density at radius 3 is 2.76 bits per heavy atom. The quantitative estimate of drug-likeness (QED) is 0.729. The molecule has 0 fully saturated rings. The van der Waals surface area contributed by atoms with Gasteiger partial charge in [0.2, 0.25) is 0 Å². The maximum Gasteiger partial charge on any atom is 0.319 e. The van der Waals surface area contributed by atoms with Gasteiger partial charge in [-0.1, -0.05) is 28.1 Å². The standard InChI is InChI=1S/C14H12BrN3O3/c15-10-2-4-12(9(5-10)7-16)18-14(21)17-11-3-1-8(6-11)13(19)20/h1-5,8,11H,6H2,(H,19,20)(H2,17,18,21). The van der Waals surface area contributed by atoms with Crippen LogP contribution in [0.15, 0.2) is 34.8 Å². The molecular weight excluding hydrogens is 338 g/mol. The molecule has 1 aliphatic carbocycles. The third-order valence-corrected chi connectivity index (χ3v) is 3.56. The Kier molecular flexibility index (Phi) is 4.60. The number of hydrogen-bond donors (Lipinski definition) is 3. The molecule has 6 nitrogen and oxygen atoms in total. The van der Waals surface area contributed by atoms with Gasteiger partial charge in [-0.25, -0.2) is 4.79 Å². The maximum atomic E-state index is 11.9. The zero-order valence-electron chi connectivity index (χ0n) is 10.8. The van der Waals surface area contributed by atoms with Gasteiger partial charge in [-0.3, -0.25) is 4.79 Å². The molecular formula is C14H12BrN3O3. The smallest absolute Gasteiger partial charge is 0.319 e. The average molecular weight is 350 g/mol. The molecule has 21 heavy (non-hydrogen) atoms. The van der Waals surface area contributed by atoms with Crippen molar-refractivity contribution in [2.45, 2.75) is 12.5 Å². The minimum atomic E-state index is -0.907. The minimum absolute atomic E-state index is 0.327. The summed E-state index contributed by atoms with van der Waals surface area (Å²) >= 11 is 3.25. The summed E-state index contributed by atoms with van der Waals surface area (Å²) in [5.74, 6) is -1.48. The second-order valence-electron chi connectivity index (χ2n) is 4.57. The van der Waals surface area contributed by atoms with Crippen molar-refractivity contribution in [3.05, 3.63) is 40.4 Å². The lowest BCUT2D eigenvalue weighted by atomic mass is 10.1. The van der Waals surface area contributed by atoms with Crippen molar-refractivity contribution in [1.82, 2.24) is 5.32 Å². The van der Waals surface area contributed by atoms with Gasteiger partial charge in [0.25, 0.3) is 0 Å². The molecule has 0 bridgehead atoms. The molecule has 2 amide bonds. The predicted molar refractivity (Wildman–Crippen MR) is 79.7 cm³/mol. The number of anilines is 1. The fourth-order valence-electron chi connectivity index (χ4n) is 2.03. The van der Waals surface area contributed by atoms with Crippen LogP contribution in [0, 0.1) is 17.2 Å². The number of benzene rings is 1. The third-order valence-electron chi connectivity index (χ3n) is 3.07. The predicted octanol–water partition coefficient (Wildman–Crippen LogP) is 2.47. The molecule has 0 saturated heterocycles. The summed E-state index contributed by atoms with van der Waals surface area (Å²) in [7, 11) is 0. The highest BCUT2D eigenvalue weighted by molar-refractivity contribution is 9.10. The molecule has 1 aromatic rings. The number of amides is 2. The van der Waals surface area contributed by atoms with Crippen LogP contribution >= 0.6 is 15.9 Å². The van der Waals surface area contributed by atoms with Crippen LogP contribution in [-0.4, -0.2) is 23.1 Å². The number of aliphatic carboxylic acids is 1. The van der Waals surface area contributed by atoms with Gasteiger partial charge in [-0.2, -0.15) is 5.26 Å². The van der Waals surface area contributed by atoms with Gasteiger partial charge in [-0.15, -0.1) is 0 Å². The molecule has 108 valence electrons. The molecule has 7 heteroatoms. The van der Waals surface area contributed by atoms with Crippen molar-refractivity contribution >= 4 is 33.6 Å². The summed E-state index contributed by atoms with van der Waals surface area (Å²) in [5.41, 5.74) is 0.736. The number of carbonyl (C=O) groups is 2. The maximum absolute atomic E-state index is 11.9. The number of nitrogens with one attached hydrogen (secondary N) is 2. The summed E-state index contributed by atoms with van der Waals surface area (Å²) in [6, 6.07) is 6.12. The van der Waals surface area contributed by atoms with Gasteiger partial charge in [-0.05, 0) is 24.6 Å². The third kappa shape index (κ3) is 3.83. The Labute approximate surface area is 129 Å². The molecule has 2 rings (SSSR count). The second-order valence-corrected chi connectivity index (χ2v) is 5.49. The van der Waals surface area contributed by atoms with Crippen LogP contribution in [-0.2, 0) is 4.79 Å². The van der Waals surface area contributed by atoms with E-state index in [-0.39, 0.29) is 6.04 Å². The number of halogens is 1. The van der Waals surface area contributed by atoms with E-state index in [1.165, 1.54) is 0 Å². The van der Waals surface area contributed by atoms with Gasteiger partial charge in [0, 0.05) is 4.47 Å². The van der Waals surface area contributed by atoms with Crippen LogP contribution in [0.25, 0.3) is 0 Å². The molecule has 0 saturated carbocycles. The molecule has 0 spiro atoms. The lowest BCUT2D eigenvalue weighted by Gasteiger charge is -2.13. The normalized spacial score (nSPS) is 19.8. The van der Waals surface area contributed by atoms with Crippen LogP contribution in [0.3, 0.4) is 0 Å². The Morgan fingerprint density at radius 1 is 1.38 bits per heavy atom. The Morgan fingerprint density at radius 2 is 2.14 bits per heavy atom. The Balaban J connectivity index is 1.96. The number of carboxylic acids is 1. The van der Waals surface area contributed by atoms with E-state index in [1.807, 2.05) is 6.07 Å². The van der Waals surface area contributed by atoms with Crippen molar-refractivity contribution in [3.63, 3.8) is 0 Å². The molecule has 0 aromatic heterocycles. The van der Waals surface area contributed by atoms with Crippen molar-refractivity contribution in [3.8, 4) is 6.07 Å². The van der Waals surface area contributed by atoms with Crippen molar-refractivity contribution in [2.75, 3.05) is 5.32 Å². The summed E-state index contributed by atoms with van der Waals surface area (Å²) in [6.07, 6.45) is 3.55. The van der Waals surface area contributed by atoms with Gasteiger partial charge in [0.05, 0.1) is 23.2 Å². The van der Waals surface area contributed by atoms with Gasteiger partial charge < -0.3 is 15.7 Å². The SMILES string of the molecule is N#Cc1cc(Br)ccc1NC(=O)NC1C=CC(C(=O)O)C1. The fourth-order valence-corrected chi connectivity index (χ4v) is 2.39. The van der Waals surface area contributed by atoms with E-state index >= 15 is 0 Å². The van der Waals surface area contributed by atoms with Gasteiger partial charge >= 0.3 is 12.0 Å². The summed E-state index contributed by atoms with van der Waals surface area (Å²) in [5, 5.41) is 23.1. The van der Waals surface area contributed by atoms with Crippen molar-refractivity contribution < 1.29 is 14.7 Å². The number of hydrogen-bond acceptors (Lipinski definition) is 3. The minimum Gasteiger partial charge on any atom is -0.481 e. The summed E-state index contributed by atoms with van der Waals surface area (Å²) < 4.78 is 0.744. The fraction of sp³-hybridized carbons (Fsp3) is 0.214. The Hall–Kier alpha value is -2.33. The van der Waals surface area contributed by atoms with E-state index in [0.29, 0.717) is 17.7 Å². The van der Waals surface area contributed by atoms with Crippen LogP contribution < -0.4 is 10.6 Å². The van der Waals surface area contributed by atoms with Crippen LogP contribution in [0.1, 0.15) is 12.0 Å². The summed E-state index contributed by atoms with van der Waals surface area (Å²) in [6.45, 7) is 0. The number of nitriles is 1. The zero-order chi connectivity index (χ0) is 15.4. The first kappa shape index (κ1) is 15.1. The lowest BCUT2D eigenvalue weighted by molar-refractivity contribution is -0.140. The van der Waals surface area contributed by atoms with Gasteiger partial charge in [0.1, 0.15) is 6.07 Å². The van der Waals surface area contributed by atoms with Crippen LogP contribution in [0.5, 0.6) is 0 Å². The van der Waals surface area contributed by atoms with Gasteiger partial charge in [0.15, 0.2) is 0 Å². The first-order valence-electron chi connectivity index (χ1n) is 6.18. The van der Waals surface area contributed by atoms with E-state index in [4.69, 9.17) is 10.4 Å². The first-order chi connectivity index (χ1) is 9.99. The number of nitrogens with zero attached hydrogens (tertiary/aromatic N) is 1. The van der Waals surface area contributed by atoms with Crippen molar-refractivity contribution in [1.29, 1.82) is 5.26 Å². The van der Waals surface area contributed by atoms with Crippen molar-refractivity contribution in [2.24, 2.45) is 5.92 Å². The van der Waals surface area contributed by atoms with E-state index in [1.54, 1.807) is 30.4 Å². The number of rotatable bonds is 3. The molecule has 1 aromatic carbocycles.